The summed E-state index contributed by atoms with van der Waals surface area (Å²) < 4.78 is 20.6. The van der Waals surface area contributed by atoms with Crippen molar-refractivity contribution in [2.45, 2.75) is 0 Å². The molecule has 1 aliphatic rings. The molecule has 0 saturated heterocycles. The largest absolute Gasteiger partial charge is 0.309 e. The monoisotopic (exact) mass is 547 g/mol. The minimum absolute atomic E-state index is 0.880. The molecule has 0 N–H and O–H groups in total. The van der Waals surface area contributed by atoms with Gasteiger partial charge in [-0.2, -0.15) is 0 Å². The number of hydrogen-bond donors (Lipinski definition) is 0. The Bertz CT molecular complexity index is 2360. The van der Waals surface area contributed by atoms with E-state index >= 15 is 4.57 Å². The zero-order chi connectivity index (χ0) is 26.4. The topological polar surface area (TPSA) is 22.0 Å². The third kappa shape index (κ3) is 2.81. The summed E-state index contributed by atoms with van der Waals surface area (Å²) in [5.74, 6) is 0. The molecule has 2 nitrogen and oxygen atoms in total. The van der Waals surface area contributed by atoms with Gasteiger partial charge in [0.05, 0.1) is 16.3 Å². The second kappa shape index (κ2) is 8.05. The molecule has 40 heavy (non-hydrogen) atoms. The van der Waals surface area contributed by atoms with Crippen molar-refractivity contribution in [2.24, 2.45) is 0 Å². The number of aromatic nitrogens is 1. The Balaban J connectivity index is 1.46. The van der Waals surface area contributed by atoms with Gasteiger partial charge in [0.1, 0.15) is 0 Å². The van der Waals surface area contributed by atoms with Crippen LogP contribution in [-0.2, 0) is 4.57 Å². The molecule has 8 aromatic rings. The average Bonchev–Trinajstić information content (AvgIpc) is 3.64. The van der Waals surface area contributed by atoms with Crippen molar-refractivity contribution in [3.63, 3.8) is 0 Å². The van der Waals surface area contributed by atoms with E-state index in [4.69, 9.17) is 0 Å². The van der Waals surface area contributed by atoms with Gasteiger partial charge in [-0.05, 0) is 35.4 Å². The maximum absolute atomic E-state index is 15.7. The molecule has 4 heteroatoms. The maximum atomic E-state index is 15.7. The average molecular weight is 548 g/mol. The SMILES string of the molecule is O=P1(c2ccccc2)c2ccccc2-c2ccc3c4ccccc4n(-c4ccc5c(c4)sc4ccccc45)c3c21. The number of thiophene rings is 1. The van der Waals surface area contributed by atoms with Crippen LogP contribution in [0.4, 0.5) is 0 Å². The van der Waals surface area contributed by atoms with Crippen LogP contribution in [0.15, 0.2) is 133 Å². The van der Waals surface area contributed by atoms with E-state index in [1.54, 1.807) is 0 Å². The van der Waals surface area contributed by atoms with Gasteiger partial charge in [0.15, 0.2) is 7.14 Å². The summed E-state index contributed by atoms with van der Waals surface area (Å²) in [5, 5.41) is 7.64. The molecular formula is C36H22NOPS. The summed E-state index contributed by atoms with van der Waals surface area (Å²) in [6.07, 6.45) is 0. The fourth-order valence-corrected chi connectivity index (χ4v) is 11.1. The fourth-order valence-electron chi connectivity index (χ4n) is 6.70. The van der Waals surface area contributed by atoms with Crippen molar-refractivity contribution < 1.29 is 4.57 Å². The van der Waals surface area contributed by atoms with Gasteiger partial charge in [-0.3, -0.25) is 0 Å². The second-order valence-electron chi connectivity index (χ2n) is 10.5. The Morgan fingerprint density at radius 2 is 1.25 bits per heavy atom. The molecule has 0 spiro atoms. The lowest BCUT2D eigenvalue weighted by Crippen LogP contribution is -2.22. The minimum Gasteiger partial charge on any atom is -0.309 e. The fraction of sp³-hybridized carbons (Fsp3) is 0. The molecule has 0 saturated carbocycles. The highest BCUT2D eigenvalue weighted by atomic mass is 32.1. The summed E-state index contributed by atoms with van der Waals surface area (Å²) in [5.41, 5.74) is 5.41. The lowest BCUT2D eigenvalue weighted by Gasteiger charge is -2.18. The number of fused-ring (bicyclic) bond motifs is 10. The van der Waals surface area contributed by atoms with E-state index in [-0.39, 0.29) is 0 Å². The van der Waals surface area contributed by atoms with Crippen LogP contribution in [0.3, 0.4) is 0 Å². The molecule has 0 bridgehead atoms. The van der Waals surface area contributed by atoms with Crippen LogP contribution in [0.5, 0.6) is 0 Å². The molecule has 3 heterocycles. The van der Waals surface area contributed by atoms with Crippen LogP contribution in [-0.4, -0.2) is 4.57 Å². The molecular weight excluding hydrogens is 525 g/mol. The lowest BCUT2D eigenvalue weighted by molar-refractivity contribution is 0.593. The Hall–Kier alpha value is -4.43. The maximum Gasteiger partial charge on any atom is 0.174 e. The Morgan fingerprint density at radius 1 is 0.550 bits per heavy atom. The molecule has 9 rings (SSSR count). The van der Waals surface area contributed by atoms with Crippen molar-refractivity contribution in [3.05, 3.63) is 133 Å². The highest BCUT2D eigenvalue weighted by Crippen LogP contribution is 2.55. The van der Waals surface area contributed by atoms with Gasteiger partial charge < -0.3 is 9.13 Å². The third-order valence-electron chi connectivity index (χ3n) is 8.40. The first kappa shape index (κ1) is 22.4. The summed E-state index contributed by atoms with van der Waals surface area (Å²) in [4.78, 5) is 0. The van der Waals surface area contributed by atoms with Gasteiger partial charge in [-0.1, -0.05) is 109 Å². The molecule has 0 aliphatic carbocycles. The van der Waals surface area contributed by atoms with Crippen LogP contribution in [0.2, 0.25) is 0 Å². The smallest absolute Gasteiger partial charge is 0.174 e. The van der Waals surface area contributed by atoms with Crippen molar-refractivity contribution in [1.82, 2.24) is 4.57 Å². The number of hydrogen-bond acceptors (Lipinski definition) is 2. The van der Waals surface area contributed by atoms with E-state index in [9.17, 15) is 0 Å². The molecule has 1 aliphatic heterocycles. The molecule has 1 unspecified atom stereocenters. The second-order valence-corrected chi connectivity index (χ2v) is 14.2. The van der Waals surface area contributed by atoms with Gasteiger partial charge in [-0.15, -0.1) is 11.3 Å². The molecule has 2 aromatic heterocycles. The third-order valence-corrected chi connectivity index (χ3v) is 12.7. The van der Waals surface area contributed by atoms with E-state index in [2.05, 4.69) is 102 Å². The Morgan fingerprint density at radius 3 is 2.15 bits per heavy atom. The van der Waals surface area contributed by atoms with Crippen LogP contribution < -0.4 is 15.9 Å². The summed E-state index contributed by atoms with van der Waals surface area (Å²) in [7, 11) is -3.14. The lowest BCUT2D eigenvalue weighted by atomic mass is 10.0. The van der Waals surface area contributed by atoms with E-state index < -0.39 is 7.14 Å². The van der Waals surface area contributed by atoms with E-state index in [0.29, 0.717) is 0 Å². The molecule has 1 atom stereocenters. The summed E-state index contributed by atoms with van der Waals surface area (Å²) in [6.45, 7) is 0. The van der Waals surface area contributed by atoms with Crippen molar-refractivity contribution in [2.75, 3.05) is 0 Å². The molecule has 0 radical (unpaired) electrons. The van der Waals surface area contributed by atoms with Crippen LogP contribution >= 0.6 is 18.5 Å². The number of nitrogens with zero attached hydrogens (tertiary/aromatic N) is 1. The van der Waals surface area contributed by atoms with Crippen molar-refractivity contribution >= 4 is 76.4 Å². The Kier molecular flexibility index (Phi) is 4.51. The number of benzene rings is 6. The van der Waals surface area contributed by atoms with Gasteiger partial charge in [0.2, 0.25) is 0 Å². The highest BCUT2D eigenvalue weighted by Gasteiger charge is 2.42. The normalized spacial score (nSPS) is 16.2. The molecule has 6 aromatic carbocycles. The first-order chi connectivity index (χ1) is 19.7. The van der Waals surface area contributed by atoms with Gasteiger partial charge in [-0.25, -0.2) is 0 Å². The standard InChI is InChI=1S/C36H22NOPS/c38-39(24-10-2-1-3-11-24)32-16-8-5-13-26(32)30-21-20-29-25-12-4-7-15-31(25)37(35(29)36(30)39)23-18-19-28-27-14-6-9-17-33(27)40-34(28)22-23/h1-22H. The highest BCUT2D eigenvalue weighted by molar-refractivity contribution is 7.86. The van der Waals surface area contributed by atoms with Crippen molar-refractivity contribution in [1.29, 1.82) is 0 Å². The minimum atomic E-state index is -3.14. The zero-order valence-electron chi connectivity index (χ0n) is 21.4. The van der Waals surface area contributed by atoms with Crippen LogP contribution in [0.25, 0.3) is 58.8 Å². The predicted octanol–water partition coefficient (Wildman–Crippen LogP) is 8.77. The van der Waals surface area contributed by atoms with Crippen LogP contribution in [0, 0.1) is 0 Å². The number of rotatable bonds is 2. The number of para-hydroxylation sites is 1. The first-order valence-electron chi connectivity index (χ1n) is 13.5. The molecule has 0 fully saturated rings. The van der Waals surface area contributed by atoms with Gasteiger partial charge in [0.25, 0.3) is 0 Å². The quantitative estimate of drug-likeness (QED) is 0.198. The first-order valence-corrected chi connectivity index (χ1v) is 16.0. The summed E-state index contributed by atoms with van der Waals surface area (Å²) >= 11 is 1.83. The molecule has 188 valence electrons. The van der Waals surface area contributed by atoms with E-state index in [0.717, 1.165) is 49.1 Å². The summed E-state index contributed by atoms with van der Waals surface area (Å²) in [6, 6.07) is 46.7. The van der Waals surface area contributed by atoms with Crippen LogP contribution in [0.1, 0.15) is 0 Å². The van der Waals surface area contributed by atoms with Crippen molar-refractivity contribution in [3.8, 4) is 16.8 Å². The van der Waals surface area contributed by atoms with Gasteiger partial charge >= 0.3 is 0 Å². The van der Waals surface area contributed by atoms with Gasteiger partial charge in [0, 0.05) is 47.2 Å². The predicted molar refractivity (Wildman–Crippen MR) is 172 cm³/mol. The molecule has 0 amide bonds. The van der Waals surface area contributed by atoms with E-state index in [1.165, 1.54) is 25.6 Å². The van der Waals surface area contributed by atoms with E-state index in [1.807, 2.05) is 47.7 Å². The zero-order valence-corrected chi connectivity index (χ0v) is 23.1. The Labute approximate surface area is 235 Å².